The number of nitrogens with one attached hydrogen (secondary N) is 1. The Morgan fingerprint density at radius 1 is 1.50 bits per heavy atom. The van der Waals surface area contributed by atoms with Crippen LogP contribution in [-0.2, 0) is 0 Å². The Morgan fingerprint density at radius 3 is 2.81 bits per heavy atom. The molecule has 0 aromatic carbocycles. The predicted octanol–water partition coefficient (Wildman–Crippen LogP) is 2.92. The Balaban J connectivity index is 2.92. The monoisotopic (exact) mass is 241 g/mol. The summed E-state index contributed by atoms with van der Waals surface area (Å²) in [6.45, 7) is 4.82. The second kappa shape index (κ2) is 6.32. The summed E-state index contributed by atoms with van der Waals surface area (Å²) in [4.78, 5) is 14.6. The summed E-state index contributed by atoms with van der Waals surface area (Å²) in [5.74, 6) is 1.47. The van der Waals surface area contributed by atoms with E-state index in [0.29, 0.717) is 10.8 Å². The maximum absolute atomic E-state index is 10.8. The van der Waals surface area contributed by atoms with E-state index >= 15 is 0 Å². The first-order chi connectivity index (χ1) is 7.69. The van der Waals surface area contributed by atoms with Crippen molar-refractivity contribution in [1.29, 1.82) is 0 Å². The van der Waals surface area contributed by atoms with Gasteiger partial charge >= 0.3 is 5.69 Å². The largest absolute Gasteiger partial charge is 0.370 e. The highest BCUT2D eigenvalue weighted by Crippen LogP contribution is 2.28. The van der Waals surface area contributed by atoms with Crippen molar-refractivity contribution in [3.8, 4) is 0 Å². The van der Waals surface area contributed by atoms with Crippen molar-refractivity contribution in [2.24, 2.45) is 0 Å². The minimum absolute atomic E-state index is 0.0777. The quantitative estimate of drug-likeness (QED) is 0.471. The first-order valence-corrected chi connectivity index (χ1v) is 6.19. The number of anilines is 1. The van der Waals surface area contributed by atoms with Gasteiger partial charge in [-0.15, -0.1) is 0 Å². The van der Waals surface area contributed by atoms with Crippen molar-refractivity contribution in [3.05, 3.63) is 22.2 Å². The second-order valence-electron chi connectivity index (χ2n) is 3.14. The Morgan fingerprint density at radius 2 is 2.25 bits per heavy atom. The molecule has 0 aliphatic heterocycles. The lowest BCUT2D eigenvalue weighted by Crippen LogP contribution is -2.03. The van der Waals surface area contributed by atoms with Gasteiger partial charge in [0.05, 0.1) is 4.92 Å². The average Bonchev–Trinajstić information content (AvgIpc) is 2.26. The molecule has 0 aliphatic rings. The van der Waals surface area contributed by atoms with Gasteiger partial charge in [0.1, 0.15) is 5.82 Å². The first kappa shape index (κ1) is 12.8. The molecule has 0 aliphatic carbocycles. The van der Waals surface area contributed by atoms with E-state index in [4.69, 9.17) is 0 Å². The van der Waals surface area contributed by atoms with E-state index in [9.17, 15) is 10.1 Å². The van der Waals surface area contributed by atoms with Gasteiger partial charge in [-0.2, -0.15) is 0 Å². The predicted molar refractivity (Wildman–Crippen MR) is 66.1 cm³/mol. The van der Waals surface area contributed by atoms with Crippen molar-refractivity contribution in [1.82, 2.24) is 4.98 Å². The van der Waals surface area contributed by atoms with Crippen LogP contribution in [0.2, 0.25) is 0 Å². The van der Waals surface area contributed by atoms with E-state index in [1.807, 2.05) is 6.92 Å². The summed E-state index contributed by atoms with van der Waals surface area (Å²) in [6, 6.07) is 3.15. The second-order valence-corrected chi connectivity index (χ2v) is 4.39. The number of hydrogen-bond donors (Lipinski definition) is 1. The van der Waals surface area contributed by atoms with Crippen LogP contribution in [0.5, 0.6) is 0 Å². The smallest absolute Gasteiger partial charge is 0.301 e. The van der Waals surface area contributed by atoms with Gasteiger partial charge in [0.15, 0.2) is 5.03 Å². The van der Waals surface area contributed by atoms with Gasteiger partial charge in [-0.1, -0.05) is 25.6 Å². The zero-order valence-electron chi connectivity index (χ0n) is 9.40. The fourth-order valence-corrected chi connectivity index (χ4v) is 1.89. The van der Waals surface area contributed by atoms with Crippen LogP contribution in [0, 0.1) is 10.1 Å². The van der Waals surface area contributed by atoms with Crippen LogP contribution >= 0.6 is 11.8 Å². The summed E-state index contributed by atoms with van der Waals surface area (Å²) in [7, 11) is 0. The van der Waals surface area contributed by atoms with Crippen LogP contribution in [0.3, 0.4) is 0 Å². The number of hydrogen-bond acceptors (Lipinski definition) is 5. The molecule has 0 amide bonds. The van der Waals surface area contributed by atoms with Gasteiger partial charge in [-0.05, 0) is 18.2 Å². The number of rotatable bonds is 6. The number of pyridine rings is 1. The van der Waals surface area contributed by atoms with Gasteiger partial charge in [0.2, 0.25) is 0 Å². The zero-order chi connectivity index (χ0) is 12.0. The summed E-state index contributed by atoms with van der Waals surface area (Å²) < 4.78 is 0. The van der Waals surface area contributed by atoms with Gasteiger partial charge in [-0.3, -0.25) is 10.1 Å². The van der Waals surface area contributed by atoms with Crippen molar-refractivity contribution in [2.45, 2.75) is 25.3 Å². The number of nitrogens with zero attached hydrogens (tertiary/aromatic N) is 2. The molecule has 0 radical (unpaired) electrons. The Bertz CT molecular complexity index is 371. The standard InChI is InChI=1S/C10H15N3O2S/c1-3-7-11-9-6-5-8(13(14)15)10(12-9)16-4-2/h5-6H,3-4,7H2,1-2H3,(H,11,12). The van der Waals surface area contributed by atoms with Crippen LogP contribution < -0.4 is 5.32 Å². The lowest BCUT2D eigenvalue weighted by Gasteiger charge is -2.06. The molecule has 1 heterocycles. The van der Waals surface area contributed by atoms with Gasteiger partial charge in [0.25, 0.3) is 0 Å². The van der Waals surface area contributed by atoms with Crippen LogP contribution in [0.25, 0.3) is 0 Å². The minimum Gasteiger partial charge on any atom is -0.370 e. The molecule has 16 heavy (non-hydrogen) atoms. The first-order valence-electron chi connectivity index (χ1n) is 5.21. The third-order valence-electron chi connectivity index (χ3n) is 1.87. The molecule has 0 saturated carbocycles. The Labute approximate surface area is 98.8 Å². The van der Waals surface area contributed by atoms with Crippen LogP contribution in [0.1, 0.15) is 20.3 Å². The summed E-state index contributed by atoms with van der Waals surface area (Å²) in [6.07, 6.45) is 0.995. The molecule has 0 unspecified atom stereocenters. The van der Waals surface area contributed by atoms with E-state index < -0.39 is 4.92 Å². The third kappa shape index (κ3) is 3.37. The van der Waals surface area contributed by atoms with E-state index in [2.05, 4.69) is 17.2 Å². The molecule has 0 fully saturated rings. The highest BCUT2D eigenvalue weighted by Gasteiger charge is 2.15. The highest BCUT2D eigenvalue weighted by molar-refractivity contribution is 7.99. The molecule has 88 valence electrons. The summed E-state index contributed by atoms with van der Waals surface area (Å²) in [5.41, 5.74) is 0.0777. The molecule has 1 rings (SSSR count). The molecule has 5 nitrogen and oxygen atoms in total. The number of nitro groups is 1. The molecule has 1 aromatic heterocycles. The highest BCUT2D eigenvalue weighted by atomic mass is 32.2. The van der Waals surface area contributed by atoms with Crippen molar-refractivity contribution in [2.75, 3.05) is 17.6 Å². The molecular weight excluding hydrogens is 226 g/mol. The van der Waals surface area contributed by atoms with E-state index in [0.717, 1.165) is 18.7 Å². The SMILES string of the molecule is CCCNc1ccc([N+](=O)[O-])c(SCC)n1. The van der Waals surface area contributed by atoms with E-state index in [1.54, 1.807) is 6.07 Å². The summed E-state index contributed by atoms with van der Waals surface area (Å²) in [5, 5.41) is 14.3. The van der Waals surface area contributed by atoms with Crippen molar-refractivity contribution < 1.29 is 4.92 Å². The van der Waals surface area contributed by atoms with Gasteiger partial charge < -0.3 is 5.32 Å². The van der Waals surface area contributed by atoms with Crippen LogP contribution in [0.4, 0.5) is 11.5 Å². The van der Waals surface area contributed by atoms with E-state index in [1.165, 1.54) is 17.8 Å². The molecule has 1 N–H and O–H groups in total. The Hall–Kier alpha value is -1.30. The molecule has 0 saturated heterocycles. The maximum Gasteiger partial charge on any atom is 0.301 e. The molecule has 0 spiro atoms. The van der Waals surface area contributed by atoms with Crippen molar-refractivity contribution in [3.63, 3.8) is 0 Å². The third-order valence-corrected chi connectivity index (χ3v) is 2.74. The lowest BCUT2D eigenvalue weighted by atomic mass is 10.4. The molecule has 1 aromatic rings. The zero-order valence-corrected chi connectivity index (χ0v) is 10.2. The lowest BCUT2D eigenvalue weighted by molar-refractivity contribution is -0.388. The fourth-order valence-electron chi connectivity index (χ4n) is 1.17. The average molecular weight is 241 g/mol. The topological polar surface area (TPSA) is 68.1 Å². The molecule has 0 bridgehead atoms. The molecule has 0 atom stereocenters. The minimum atomic E-state index is -0.394. The van der Waals surface area contributed by atoms with Gasteiger partial charge in [0, 0.05) is 12.6 Å². The molecular formula is C10H15N3O2S. The van der Waals surface area contributed by atoms with Gasteiger partial charge in [-0.25, -0.2) is 4.98 Å². The Kier molecular flexibility index (Phi) is 5.04. The van der Waals surface area contributed by atoms with Crippen LogP contribution in [0.15, 0.2) is 17.2 Å². The molecule has 6 heteroatoms. The summed E-state index contributed by atoms with van der Waals surface area (Å²) >= 11 is 1.39. The van der Waals surface area contributed by atoms with Crippen LogP contribution in [-0.4, -0.2) is 22.2 Å². The van der Waals surface area contributed by atoms with Crippen molar-refractivity contribution >= 4 is 23.3 Å². The number of thioether (sulfide) groups is 1. The van der Waals surface area contributed by atoms with E-state index in [-0.39, 0.29) is 5.69 Å². The normalized spacial score (nSPS) is 10.1. The maximum atomic E-state index is 10.8. The fraction of sp³-hybridized carbons (Fsp3) is 0.500. The number of aromatic nitrogens is 1.